The summed E-state index contributed by atoms with van der Waals surface area (Å²) in [6, 6.07) is 12.4. The third-order valence-corrected chi connectivity index (χ3v) is 5.96. The highest BCUT2D eigenvalue weighted by atomic mass is 32.2. The fourth-order valence-electron chi connectivity index (χ4n) is 3.14. The number of amidine groups is 1. The Morgan fingerprint density at radius 2 is 1.81 bits per heavy atom. The summed E-state index contributed by atoms with van der Waals surface area (Å²) < 4.78 is 39.4. The van der Waals surface area contributed by atoms with Crippen molar-refractivity contribution in [3.05, 3.63) is 59.7 Å². The summed E-state index contributed by atoms with van der Waals surface area (Å²) in [5.41, 5.74) is 0.602. The monoisotopic (exact) mass is 449 g/mol. The fraction of sp³-hybridized carbons (Fsp3) is 0.318. The van der Waals surface area contributed by atoms with Crippen LogP contribution in [0.25, 0.3) is 0 Å². The zero-order chi connectivity index (χ0) is 22.6. The van der Waals surface area contributed by atoms with Gasteiger partial charge in [-0.25, -0.2) is 4.99 Å². The highest BCUT2D eigenvalue weighted by Crippen LogP contribution is 2.35. The number of alkyl halides is 3. The summed E-state index contributed by atoms with van der Waals surface area (Å²) in [7, 11) is 0. The number of aryl methyl sites for hydroxylation is 1. The summed E-state index contributed by atoms with van der Waals surface area (Å²) in [5, 5.41) is 2.02. The molecule has 1 heterocycles. The van der Waals surface area contributed by atoms with Crippen LogP contribution in [0.1, 0.15) is 31.4 Å². The molecule has 2 aromatic carbocycles. The maximum absolute atomic E-state index is 13.1. The van der Waals surface area contributed by atoms with Gasteiger partial charge in [0.25, 0.3) is 0 Å². The minimum atomic E-state index is -4.59. The topological polar surface area (TPSA) is 61.8 Å². The van der Waals surface area contributed by atoms with Crippen molar-refractivity contribution < 1.29 is 22.8 Å². The molecule has 2 aromatic rings. The van der Waals surface area contributed by atoms with E-state index in [1.54, 1.807) is 6.92 Å². The Hall–Kier alpha value is -2.81. The van der Waals surface area contributed by atoms with Gasteiger partial charge in [0.1, 0.15) is 5.25 Å². The molecule has 5 nitrogen and oxygen atoms in total. The zero-order valence-electron chi connectivity index (χ0n) is 17.1. The van der Waals surface area contributed by atoms with Crippen molar-refractivity contribution in [1.29, 1.82) is 0 Å². The summed E-state index contributed by atoms with van der Waals surface area (Å²) in [5.74, 6) is -0.942. The Balaban J connectivity index is 1.73. The molecule has 0 aliphatic carbocycles. The van der Waals surface area contributed by atoms with Crippen LogP contribution in [0, 0.1) is 0 Å². The van der Waals surface area contributed by atoms with E-state index in [1.807, 2.05) is 31.2 Å². The number of rotatable bonds is 6. The average molecular weight is 449 g/mol. The number of carbonyl (C=O) groups excluding carboxylic acids is 2. The molecule has 0 aromatic heterocycles. The van der Waals surface area contributed by atoms with Crippen LogP contribution < -0.4 is 5.32 Å². The quantitative estimate of drug-likeness (QED) is 0.655. The number of halogens is 3. The van der Waals surface area contributed by atoms with Crippen LogP contribution in [0.15, 0.2) is 53.5 Å². The van der Waals surface area contributed by atoms with Gasteiger partial charge in [0.05, 0.1) is 16.9 Å². The lowest BCUT2D eigenvalue weighted by atomic mass is 10.1. The molecule has 1 saturated heterocycles. The number of nitrogens with zero attached hydrogens (tertiary/aromatic N) is 2. The Labute approximate surface area is 182 Å². The molecule has 0 spiro atoms. The van der Waals surface area contributed by atoms with Gasteiger partial charge in [0.2, 0.25) is 11.8 Å². The number of amides is 2. The molecule has 1 fully saturated rings. The van der Waals surface area contributed by atoms with Crippen LogP contribution in [-0.2, 0) is 22.2 Å². The van der Waals surface area contributed by atoms with E-state index in [9.17, 15) is 22.8 Å². The minimum Gasteiger partial charge on any atom is -0.325 e. The summed E-state index contributed by atoms with van der Waals surface area (Å²) >= 11 is 1.15. The number of benzene rings is 2. The molecule has 0 unspecified atom stereocenters. The summed E-state index contributed by atoms with van der Waals surface area (Å²) in [4.78, 5) is 31.2. The molecule has 1 N–H and O–H groups in total. The molecule has 164 valence electrons. The fourth-order valence-corrected chi connectivity index (χ4v) is 4.36. The van der Waals surface area contributed by atoms with E-state index in [0.29, 0.717) is 17.4 Å². The van der Waals surface area contributed by atoms with Gasteiger partial charge in [0.15, 0.2) is 5.17 Å². The van der Waals surface area contributed by atoms with E-state index < -0.39 is 22.9 Å². The van der Waals surface area contributed by atoms with E-state index in [4.69, 9.17) is 0 Å². The highest BCUT2D eigenvalue weighted by Gasteiger charge is 2.39. The highest BCUT2D eigenvalue weighted by molar-refractivity contribution is 8.15. The predicted molar refractivity (Wildman–Crippen MR) is 116 cm³/mol. The third kappa shape index (κ3) is 5.46. The number of carbonyl (C=O) groups is 2. The molecule has 0 bridgehead atoms. The van der Waals surface area contributed by atoms with E-state index in [0.717, 1.165) is 24.2 Å². The van der Waals surface area contributed by atoms with Crippen molar-refractivity contribution in [1.82, 2.24) is 4.90 Å². The lowest BCUT2D eigenvalue weighted by Gasteiger charge is -2.15. The average Bonchev–Trinajstić information content (AvgIpc) is 3.02. The van der Waals surface area contributed by atoms with Gasteiger partial charge in [-0.15, -0.1) is 0 Å². The van der Waals surface area contributed by atoms with Crippen LogP contribution in [0.2, 0.25) is 0 Å². The van der Waals surface area contributed by atoms with Crippen LogP contribution in [0.5, 0.6) is 0 Å². The zero-order valence-corrected chi connectivity index (χ0v) is 17.9. The lowest BCUT2D eigenvalue weighted by Crippen LogP contribution is -2.33. The maximum Gasteiger partial charge on any atom is 0.418 e. The van der Waals surface area contributed by atoms with Crippen molar-refractivity contribution in [2.75, 3.05) is 11.9 Å². The second-order valence-electron chi connectivity index (χ2n) is 6.90. The van der Waals surface area contributed by atoms with Gasteiger partial charge in [-0.3, -0.25) is 14.5 Å². The molecule has 1 atom stereocenters. The number of nitrogens with one attached hydrogen (secondary N) is 1. The van der Waals surface area contributed by atoms with Crippen molar-refractivity contribution in [3.8, 4) is 0 Å². The first-order valence-corrected chi connectivity index (χ1v) is 10.7. The standard InChI is InChI=1S/C22H22F3N3O2S/c1-3-14-9-11-15(12-10-14)26-21-28(4-2)20(30)18(31-21)13-19(29)27-17-8-6-5-7-16(17)22(23,24)25/h5-12,18H,3-4,13H2,1-2H3,(H,27,29)/t18-/m0/s1. The minimum absolute atomic E-state index is 0.250. The first-order valence-electron chi connectivity index (χ1n) is 9.84. The molecular weight excluding hydrogens is 427 g/mol. The summed E-state index contributed by atoms with van der Waals surface area (Å²) in [6.45, 7) is 4.23. The van der Waals surface area contributed by atoms with Crippen LogP contribution in [0.4, 0.5) is 24.5 Å². The Kier molecular flexibility index (Phi) is 7.04. The van der Waals surface area contributed by atoms with Crippen LogP contribution in [0.3, 0.4) is 0 Å². The number of para-hydroxylation sites is 1. The van der Waals surface area contributed by atoms with E-state index in [2.05, 4.69) is 10.3 Å². The van der Waals surface area contributed by atoms with Gasteiger partial charge < -0.3 is 5.32 Å². The van der Waals surface area contributed by atoms with Crippen molar-refractivity contribution in [2.45, 2.75) is 38.1 Å². The Bertz CT molecular complexity index is 990. The number of hydrogen-bond acceptors (Lipinski definition) is 4. The number of aliphatic imine (C=N–C) groups is 1. The molecule has 9 heteroatoms. The normalized spacial score (nSPS) is 18.0. The van der Waals surface area contributed by atoms with Crippen molar-refractivity contribution in [3.63, 3.8) is 0 Å². The smallest absolute Gasteiger partial charge is 0.325 e. The third-order valence-electron chi connectivity index (χ3n) is 4.78. The lowest BCUT2D eigenvalue weighted by molar-refractivity contribution is -0.137. The second kappa shape index (κ2) is 9.55. The van der Waals surface area contributed by atoms with E-state index in [-0.39, 0.29) is 18.0 Å². The molecule has 1 aliphatic rings. The number of hydrogen-bond donors (Lipinski definition) is 1. The SMILES string of the molecule is CCc1ccc(N=C2S[C@@H](CC(=O)Nc3ccccc3C(F)(F)F)C(=O)N2CC)cc1. The largest absolute Gasteiger partial charge is 0.418 e. The molecular formula is C22H22F3N3O2S. The maximum atomic E-state index is 13.1. The Morgan fingerprint density at radius 3 is 2.42 bits per heavy atom. The van der Waals surface area contributed by atoms with Gasteiger partial charge in [-0.1, -0.05) is 43.0 Å². The number of anilines is 1. The van der Waals surface area contributed by atoms with Crippen LogP contribution in [-0.4, -0.2) is 33.7 Å². The number of thioether (sulfide) groups is 1. The molecule has 3 rings (SSSR count). The van der Waals surface area contributed by atoms with Gasteiger partial charge in [0, 0.05) is 13.0 Å². The van der Waals surface area contributed by atoms with E-state index in [1.165, 1.54) is 28.7 Å². The molecule has 2 amide bonds. The molecule has 0 radical (unpaired) electrons. The van der Waals surface area contributed by atoms with Gasteiger partial charge in [-0.2, -0.15) is 13.2 Å². The molecule has 31 heavy (non-hydrogen) atoms. The molecule has 0 saturated carbocycles. The Morgan fingerprint density at radius 1 is 1.13 bits per heavy atom. The van der Waals surface area contributed by atoms with Crippen molar-refractivity contribution >= 4 is 40.1 Å². The molecule has 1 aliphatic heterocycles. The first-order chi connectivity index (χ1) is 14.7. The van der Waals surface area contributed by atoms with Crippen LogP contribution >= 0.6 is 11.8 Å². The second-order valence-corrected chi connectivity index (χ2v) is 8.07. The first kappa shape index (κ1) is 22.9. The van der Waals surface area contributed by atoms with Gasteiger partial charge >= 0.3 is 6.18 Å². The summed E-state index contributed by atoms with van der Waals surface area (Å²) in [6.07, 6.45) is -3.94. The van der Waals surface area contributed by atoms with E-state index >= 15 is 0 Å². The van der Waals surface area contributed by atoms with Crippen molar-refractivity contribution in [2.24, 2.45) is 4.99 Å². The predicted octanol–water partition coefficient (Wildman–Crippen LogP) is 5.25. The van der Waals surface area contributed by atoms with Gasteiger partial charge in [-0.05, 0) is 43.2 Å².